The van der Waals surface area contributed by atoms with Crippen molar-refractivity contribution in [3.63, 3.8) is 0 Å². The van der Waals surface area contributed by atoms with Crippen molar-refractivity contribution in [2.24, 2.45) is 22.0 Å². The lowest BCUT2D eigenvalue weighted by atomic mass is 9.89. The average Bonchev–Trinajstić information content (AvgIpc) is 3.09. The molecule has 2 aliphatic heterocycles. The van der Waals surface area contributed by atoms with Crippen LogP contribution < -0.4 is 5.73 Å². The molecule has 2 fully saturated rings. The number of oxime groups is 2. The molecule has 14 heteroatoms. The van der Waals surface area contributed by atoms with Crippen molar-refractivity contribution in [1.82, 2.24) is 19.6 Å². The summed E-state index contributed by atoms with van der Waals surface area (Å²) in [4.78, 5) is 52.5. The van der Waals surface area contributed by atoms with E-state index in [2.05, 4.69) is 15.2 Å². The zero-order valence-corrected chi connectivity index (χ0v) is 31.8. The van der Waals surface area contributed by atoms with Gasteiger partial charge in [0.1, 0.15) is 0 Å². The van der Waals surface area contributed by atoms with Gasteiger partial charge < -0.3 is 35.4 Å². The molecule has 2 aromatic carbocycles. The number of piperidine rings is 2. The molecule has 0 radical (unpaired) electrons. The molecular weight excluding hydrogens is 693 g/mol. The molecule has 0 spiro atoms. The molecule has 0 saturated carbocycles. The summed E-state index contributed by atoms with van der Waals surface area (Å²) in [5.41, 5.74) is 9.64. The molecule has 12 nitrogen and oxygen atoms in total. The first-order valence-corrected chi connectivity index (χ1v) is 18.2. The Labute approximate surface area is 311 Å². The first-order chi connectivity index (χ1) is 24.3. The van der Waals surface area contributed by atoms with E-state index in [4.69, 9.17) is 39.0 Å². The molecule has 2 heterocycles. The fourth-order valence-electron chi connectivity index (χ4n) is 6.99. The molecule has 51 heavy (non-hydrogen) atoms. The van der Waals surface area contributed by atoms with Crippen LogP contribution in [0.2, 0.25) is 10.0 Å². The Balaban J connectivity index is 1.51. The number of rotatable bonds is 14. The topological polar surface area (TPSA) is 144 Å². The van der Waals surface area contributed by atoms with Crippen molar-refractivity contribution in [2.45, 2.75) is 64.3 Å². The van der Waals surface area contributed by atoms with E-state index < -0.39 is 0 Å². The molecule has 3 amide bonds. The Hall–Kier alpha value is -3.87. The van der Waals surface area contributed by atoms with E-state index in [1.54, 1.807) is 37.0 Å². The van der Waals surface area contributed by atoms with Crippen LogP contribution in [0.5, 0.6) is 0 Å². The molecule has 2 atom stereocenters. The number of nitrogens with two attached hydrogens (primary N) is 1. The average molecular weight is 745 g/mol. The van der Waals surface area contributed by atoms with Crippen LogP contribution >= 0.6 is 23.2 Å². The highest BCUT2D eigenvalue weighted by atomic mass is 35.5. The zero-order valence-electron chi connectivity index (χ0n) is 30.3. The van der Waals surface area contributed by atoms with Gasteiger partial charge in [0.15, 0.2) is 12.4 Å². The van der Waals surface area contributed by atoms with Crippen LogP contribution in [0.1, 0.15) is 71.5 Å². The molecule has 2 unspecified atom stereocenters. The van der Waals surface area contributed by atoms with Gasteiger partial charge in [-0.1, -0.05) is 56.8 Å². The largest absolute Gasteiger partial charge is 0.409 e. The summed E-state index contributed by atoms with van der Waals surface area (Å²) in [7, 11) is 5.17. The van der Waals surface area contributed by atoms with Crippen LogP contribution in [0, 0.1) is 19.8 Å². The molecule has 278 valence electrons. The molecular formula is C37H51Cl2N7O5. The third kappa shape index (κ3) is 11.1. The standard InChI is InChI=1S/C37H51Cl2N7O5/c1-24-17-25(2)19-28(18-24)36(48)44(5)22-33(42-51-23-34(40)41-50)30(26-8-9-31(38)32(39)20-26)12-16-45-14-10-29(11-15-45)46-13-6-7-27(37(46)49)21-35(47)43(3)4/h8-9,17-20,27,29-30,50H,6-7,10-16,21-23H2,1-5H3,(H2,40,41). The molecule has 0 bridgehead atoms. The van der Waals surface area contributed by atoms with Gasteiger partial charge >= 0.3 is 0 Å². The number of amidine groups is 1. The summed E-state index contributed by atoms with van der Waals surface area (Å²) in [5.74, 6) is -0.797. The van der Waals surface area contributed by atoms with Crippen molar-refractivity contribution in [2.75, 3.05) is 60.5 Å². The van der Waals surface area contributed by atoms with Gasteiger partial charge in [-0.2, -0.15) is 0 Å². The number of halogens is 2. The number of amides is 3. The van der Waals surface area contributed by atoms with E-state index in [1.807, 2.05) is 49.1 Å². The Bertz CT molecular complexity index is 1590. The highest BCUT2D eigenvalue weighted by Gasteiger charge is 2.36. The summed E-state index contributed by atoms with van der Waals surface area (Å²) in [5, 5.41) is 17.3. The van der Waals surface area contributed by atoms with Gasteiger partial charge in [0.05, 0.1) is 22.3 Å². The SMILES string of the molecule is Cc1cc(C)cc(C(=O)N(C)CC(=NOCC(N)=NO)C(CCN2CCC(N3CCCC(CC(=O)N(C)C)C3=O)CC2)c2ccc(Cl)c(Cl)c2)c1. The number of hydrogen-bond donors (Lipinski definition) is 2. The van der Waals surface area contributed by atoms with E-state index in [1.165, 1.54) is 0 Å². The van der Waals surface area contributed by atoms with Crippen LogP contribution in [0.25, 0.3) is 0 Å². The lowest BCUT2D eigenvalue weighted by Gasteiger charge is -2.42. The Morgan fingerprint density at radius 3 is 2.33 bits per heavy atom. The molecule has 0 aromatic heterocycles. The van der Waals surface area contributed by atoms with E-state index in [0.717, 1.165) is 62.0 Å². The summed E-state index contributed by atoms with van der Waals surface area (Å²) >= 11 is 12.8. The minimum atomic E-state index is -0.321. The lowest BCUT2D eigenvalue weighted by Crippen LogP contribution is -2.52. The highest BCUT2D eigenvalue weighted by Crippen LogP contribution is 2.31. The van der Waals surface area contributed by atoms with Gasteiger partial charge in [0.25, 0.3) is 5.91 Å². The predicted octanol–water partition coefficient (Wildman–Crippen LogP) is 5.16. The van der Waals surface area contributed by atoms with Crippen molar-refractivity contribution >= 4 is 52.5 Å². The maximum atomic E-state index is 13.6. The third-order valence-electron chi connectivity index (χ3n) is 9.72. The number of carbonyl (C=O) groups is 3. The molecule has 2 saturated heterocycles. The van der Waals surface area contributed by atoms with E-state index in [0.29, 0.717) is 34.3 Å². The third-order valence-corrected chi connectivity index (χ3v) is 10.5. The first kappa shape index (κ1) is 39.9. The number of benzene rings is 2. The molecule has 4 rings (SSSR count). The van der Waals surface area contributed by atoms with E-state index in [-0.39, 0.29) is 61.0 Å². The zero-order chi connectivity index (χ0) is 37.2. The van der Waals surface area contributed by atoms with Crippen LogP contribution in [-0.4, -0.2) is 121 Å². The summed E-state index contributed by atoms with van der Waals surface area (Å²) in [6.07, 6.45) is 4.22. The van der Waals surface area contributed by atoms with Gasteiger partial charge in [-0.15, -0.1) is 0 Å². The van der Waals surface area contributed by atoms with Gasteiger partial charge in [-0.05, 0) is 82.3 Å². The molecule has 0 aliphatic carbocycles. The quantitative estimate of drug-likeness (QED) is 0.118. The van der Waals surface area contributed by atoms with Crippen LogP contribution in [-0.2, 0) is 14.4 Å². The molecule has 3 N–H and O–H groups in total. The summed E-state index contributed by atoms with van der Waals surface area (Å²) in [6, 6.07) is 11.3. The van der Waals surface area contributed by atoms with Crippen molar-refractivity contribution in [1.29, 1.82) is 0 Å². The van der Waals surface area contributed by atoms with Crippen LogP contribution in [0.4, 0.5) is 0 Å². The lowest BCUT2D eigenvalue weighted by molar-refractivity contribution is -0.146. The van der Waals surface area contributed by atoms with Gasteiger partial charge in [-0.3, -0.25) is 14.4 Å². The van der Waals surface area contributed by atoms with Gasteiger partial charge in [-0.25, -0.2) is 0 Å². The van der Waals surface area contributed by atoms with Gasteiger partial charge in [0, 0.05) is 70.6 Å². The van der Waals surface area contributed by atoms with Crippen molar-refractivity contribution in [3.05, 3.63) is 68.7 Å². The maximum absolute atomic E-state index is 13.6. The van der Waals surface area contributed by atoms with Crippen molar-refractivity contribution < 1.29 is 24.4 Å². The minimum absolute atomic E-state index is 0.0133. The number of aryl methyl sites for hydroxylation is 2. The second-order valence-electron chi connectivity index (χ2n) is 13.9. The fraction of sp³-hybridized carbons (Fsp3) is 0.541. The fourth-order valence-corrected chi connectivity index (χ4v) is 7.30. The van der Waals surface area contributed by atoms with Crippen LogP contribution in [0.15, 0.2) is 46.7 Å². The van der Waals surface area contributed by atoms with Gasteiger partial charge in [0.2, 0.25) is 11.8 Å². The maximum Gasteiger partial charge on any atom is 0.253 e. The Kier molecular flexibility index (Phi) is 14.5. The number of carbonyl (C=O) groups excluding carboxylic acids is 3. The van der Waals surface area contributed by atoms with E-state index in [9.17, 15) is 14.4 Å². The van der Waals surface area contributed by atoms with Crippen molar-refractivity contribution in [3.8, 4) is 0 Å². The number of hydrogen-bond acceptors (Lipinski definition) is 8. The predicted molar refractivity (Wildman–Crippen MR) is 201 cm³/mol. The first-order valence-electron chi connectivity index (χ1n) is 17.4. The minimum Gasteiger partial charge on any atom is -0.409 e. The molecule has 2 aromatic rings. The summed E-state index contributed by atoms with van der Waals surface area (Å²) < 4.78 is 0. The Morgan fingerprint density at radius 1 is 1.02 bits per heavy atom. The highest BCUT2D eigenvalue weighted by molar-refractivity contribution is 6.42. The Morgan fingerprint density at radius 2 is 1.71 bits per heavy atom. The normalized spacial score (nSPS) is 18.5. The van der Waals surface area contributed by atoms with E-state index >= 15 is 0 Å². The number of nitrogens with zero attached hydrogens (tertiary/aromatic N) is 6. The second-order valence-corrected chi connectivity index (χ2v) is 14.8. The van der Waals surface area contributed by atoms with Crippen LogP contribution in [0.3, 0.4) is 0 Å². The monoisotopic (exact) mass is 743 g/mol. The number of likely N-dealkylation sites (tertiary alicyclic amines) is 2. The smallest absolute Gasteiger partial charge is 0.253 e. The second kappa shape index (κ2) is 18.6. The summed E-state index contributed by atoms with van der Waals surface area (Å²) in [6.45, 7) is 6.86. The molecule has 2 aliphatic rings.